The minimum Gasteiger partial charge on any atom is -0.444 e. The van der Waals surface area contributed by atoms with Gasteiger partial charge in [0.2, 0.25) is 0 Å². The Balaban J connectivity index is 3.40. The molecule has 3 N–H and O–H groups in total. The van der Waals surface area contributed by atoms with Crippen LogP contribution in [0.2, 0.25) is 0 Å². The van der Waals surface area contributed by atoms with Crippen molar-refractivity contribution in [1.82, 2.24) is 16.0 Å². The molecule has 0 spiro atoms. The Labute approximate surface area is 102 Å². The maximum Gasteiger partial charge on any atom is 0.407 e. The highest BCUT2D eigenvalue weighted by Gasteiger charge is 2.15. The number of nitrogens with one attached hydrogen (secondary N) is 3. The lowest BCUT2D eigenvalue weighted by molar-refractivity contribution is 0.0527. The predicted molar refractivity (Wildman–Crippen MR) is 65.9 cm³/mol. The summed E-state index contributed by atoms with van der Waals surface area (Å²) in [5.74, 6) is 0. The fraction of sp³-hybridized carbons (Fsp3) is 0.818. The minimum atomic E-state index is -0.467. The molecule has 0 fully saturated rings. The van der Waals surface area contributed by atoms with Crippen LogP contribution in [0.1, 0.15) is 33.6 Å². The third-order valence-electron chi connectivity index (χ3n) is 1.78. The molecule has 0 rings (SSSR count). The summed E-state index contributed by atoms with van der Waals surface area (Å²) >= 11 is 0. The first-order valence-corrected chi connectivity index (χ1v) is 5.77. The summed E-state index contributed by atoms with van der Waals surface area (Å²) in [6.45, 7) is 6.60. The van der Waals surface area contributed by atoms with Crippen molar-refractivity contribution in [3.63, 3.8) is 0 Å². The third-order valence-corrected chi connectivity index (χ3v) is 1.78. The standard InChI is InChI=1S/C11H23N3O3/c1-11(2,3)17-10(16)14-8-6-5-7-13-9(15)12-4/h5-8H2,1-4H3,(H,14,16)(H2,12,13,15). The summed E-state index contributed by atoms with van der Waals surface area (Å²) in [4.78, 5) is 22.0. The van der Waals surface area contributed by atoms with Crippen LogP contribution in [0, 0.1) is 0 Å². The van der Waals surface area contributed by atoms with Crippen LogP contribution in [0.3, 0.4) is 0 Å². The molecule has 0 radical (unpaired) electrons. The molecule has 17 heavy (non-hydrogen) atoms. The number of urea groups is 1. The summed E-state index contributed by atoms with van der Waals surface area (Å²) < 4.78 is 5.07. The van der Waals surface area contributed by atoms with Crippen LogP contribution in [0.5, 0.6) is 0 Å². The maximum atomic E-state index is 11.2. The molecule has 0 atom stereocenters. The molecule has 3 amide bonds. The number of amides is 3. The van der Waals surface area contributed by atoms with Gasteiger partial charge in [0.1, 0.15) is 5.60 Å². The molecule has 0 saturated heterocycles. The molecule has 0 aromatic carbocycles. The van der Waals surface area contributed by atoms with Crippen LogP contribution >= 0.6 is 0 Å². The van der Waals surface area contributed by atoms with Gasteiger partial charge in [-0.25, -0.2) is 9.59 Å². The van der Waals surface area contributed by atoms with Gasteiger partial charge in [-0.2, -0.15) is 0 Å². The van der Waals surface area contributed by atoms with Gasteiger partial charge in [0.05, 0.1) is 0 Å². The van der Waals surface area contributed by atoms with Crippen molar-refractivity contribution in [3.05, 3.63) is 0 Å². The van der Waals surface area contributed by atoms with Crippen molar-refractivity contribution < 1.29 is 14.3 Å². The first-order valence-electron chi connectivity index (χ1n) is 5.77. The molecule has 6 heteroatoms. The number of carbonyl (C=O) groups is 2. The largest absolute Gasteiger partial charge is 0.444 e. The van der Waals surface area contributed by atoms with E-state index < -0.39 is 11.7 Å². The van der Waals surface area contributed by atoms with E-state index in [4.69, 9.17) is 4.74 Å². The summed E-state index contributed by atoms with van der Waals surface area (Å²) in [6.07, 6.45) is 1.20. The predicted octanol–water partition coefficient (Wildman–Crippen LogP) is 1.22. The van der Waals surface area contributed by atoms with Gasteiger partial charge < -0.3 is 20.7 Å². The minimum absolute atomic E-state index is 0.190. The Morgan fingerprint density at radius 1 is 1.06 bits per heavy atom. The van der Waals surface area contributed by atoms with E-state index in [-0.39, 0.29) is 6.03 Å². The van der Waals surface area contributed by atoms with Gasteiger partial charge in [0.15, 0.2) is 0 Å². The van der Waals surface area contributed by atoms with E-state index in [9.17, 15) is 9.59 Å². The molecule has 0 aliphatic rings. The average Bonchev–Trinajstić information content (AvgIpc) is 2.20. The number of rotatable bonds is 5. The van der Waals surface area contributed by atoms with Gasteiger partial charge in [-0.1, -0.05) is 0 Å². The fourth-order valence-corrected chi connectivity index (χ4v) is 1.04. The Morgan fingerprint density at radius 3 is 2.06 bits per heavy atom. The number of carbonyl (C=O) groups excluding carboxylic acids is 2. The molecular weight excluding hydrogens is 222 g/mol. The molecule has 0 aromatic rings. The molecule has 0 bridgehead atoms. The zero-order valence-electron chi connectivity index (χ0n) is 11.1. The van der Waals surface area contributed by atoms with Crippen molar-refractivity contribution in [2.75, 3.05) is 20.1 Å². The van der Waals surface area contributed by atoms with E-state index in [2.05, 4.69) is 16.0 Å². The number of hydrogen-bond acceptors (Lipinski definition) is 3. The molecule has 6 nitrogen and oxygen atoms in total. The van der Waals surface area contributed by atoms with Gasteiger partial charge in [-0.05, 0) is 33.6 Å². The van der Waals surface area contributed by atoms with Gasteiger partial charge >= 0.3 is 12.1 Å². The smallest absolute Gasteiger partial charge is 0.407 e. The lowest BCUT2D eigenvalue weighted by atomic mass is 10.2. The summed E-state index contributed by atoms with van der Waals surface area (Å²) in [5, 5.41) is 7.78. The first-order chi connectivity index (χ1) is 7.85. The number of hydrogen-bond donors (Lipinski definition) is 3. The van der Waals surface area contributed by atoms with Crippen LogP contribution in [-0.2, 0) is 4.74 Å². The molecule has 0 aromatic heterocycles. The monoisotopic (exact) mass is 245 g/mol. The van der Waals surface area contributed by atoms with Crippen LogP contribution < -0.4 is 16.0 Å². The first kappa shape index (κ1) is 15.5. The highest BCUT2D eigenvalue weighted by atomic mass is 16.6. The SMILES string of the molecule is CNC(=O)NCCCCNC(=O)OC(C)(C)C. The quantitative estimate of drug-likeness (QED) is 0.637. The molecule has 100 valence electrons. The van der Waals surface area contributed by atoms with Crippen LogP contribution in [0.15, 0.2) is 0 Å². The van der Waals surface area contributed by atoms with Gasteiger partial charge in [-0.3, -0.25) is 0 Å². The van der Waals surface area contributed by atoms with Crippen LogP contribution in [0.25, 0.3) is 0 Å². The highest BCUT2D eigenvalue weighted by molar-refractivity contribution is 5.73. The van der Waals surface area contributed by atoms with E-state index >= 15 is 0 Å². The van der Waals surface area contributed by atoms with E-state index in [0.717, 1.165) is 12.8 Å². The van der Waals surface area contributed by atoms with E-state index in [1.165, 1.54) is 0 Å². The Kier molecular flexibility index (Phi) is 7.09. The Hall–Kier alpha value is -1.46. The lowest BCUT2D eigenvalue weighted by Crippen LogP contribution is -2.34. The van der Waals surface area contributed by atoms with Crippen LogP contribution in [0.4, 0.5) is 9.59 Å². The molecular formula is C11H23N3O3. The normalized spacial score (nSPS) is 10.6. The molecule has 0 unspecified atom stereocenters. The van der Waals surface area contributed by atoms with Crippen molar-refractivity contribution in [2.24, 2.45) is 0 Å². The lowest BCUT2D eigenvalue weighted by Gasteiger charge is -2.19. The van der Waals surface area contributed by atoms with Crippen molar-refractivity contribution in [1.29, 1.82) is 0 Å². The summed E-state index contributed by atoms with van der Waals surface area (Å²) in [7, 11) is 1.57. The van der Waals surface area contributed by atoms with E-state index in [0.29, 0.717) is 13.1 Å². The molecule has 0 heterocycles. The number of ether oxygens (including phenoxy) is 1. The van der Waals surface area contributed by atoms with E-state index in [1.54, 1.807) is 7.05 Å². The number of unbranched alkanes of at least 4 members (excludes halogenated alkanes) is 1. The molecule has 0 aliphatic carbocycles. The van der Waals surface area contributed by atoms with Gasteiger partial charge in [-0.15, -0.1) is 0 Å². The van der Waals surface area contributed by atoms with Gasteiger partial charge in [0.25, 0.3) is 0 Å². The molecule has 0 aliphatic heterocycles. The zero-order valence-corrected chi connectivity index (χ0v) is 11.1. The molecule has 0 saturated carbocycles. The Bertz CT molecular complexity index is 249. The second kappa shape index (κ2) is 7.76. The fourth-order valence-electron chi connectivity index (χ4n) is 1.04. The third kappa shape index (κ3) is 10.8. The van der Waals surface area contributed by atoms with Crippen molar-refractivity contribution >= 4 is 12.1 Å². The highest BCUT2D eigenvalue weighted by Crippen LogP contribution is 2.06. The summed E-state index contributed by atoms with van der Waals surface area (Å²) in [5.41, 5.74) is -0.467. The zero-order chi connectivity index (χ0) is 13.3. The van der Waals surface area contributed by atoms with Crippen molar-refractivity contribution in [3.8, 4) is 0 Å². The average molecular weight is 245 g/mol. The second-order valence-corrected chi connectivity index (χ2v) is 4.64. The second-order valence-electron chi connectivity index (χ2n) is 4.64. The van der Waals surface area contributed by atoms with E-state index in [1.807, 2.05) is 20.8 Å². The Morgan fingerprint density at radius 2 is 1.59 bits per heavy atom. The topological polar surface area (TPSA) is 79.5 Å². The maximum absolute atomic E-state index is 11.2. The number of alkyl carbamates (subject to hydrolysis) is 1. The summed E-state index contributed by atoms with van der Waals surface area (Å²) in [6, 6.07) is -0.190. The van der Waals surface area contributed by atoms with Crippen LogP contribution in [-0.4, -0.2) is 37.9 Å². The van der Waals surface area contributed by atoms with Crippen molar-refractivity contribution in [2.45, 2.75) is 39.2 Å². The van der Waals surface area contributed by atoms with Gasteiger partial charge in [0, 0.05) is 20.1 Å².